The minimum atomic E-state index is -4.82. The molecule has 0 bridgehead atoms. The summed E-state index contributed by atoms with van der Waals surface area (Å²) < 4.78 is 50.5. The molecule has 33 heavy (non-hydrogen) atoms. The molecule has 2 heterocycles. The van der Waals surface area contributed by atoms with Crippen molar-refractivity contribution < 1.29 is 27.1 Å². The summed E-state index contributed by atoms with van der Waals surface area (Å²) in [4.78, 5) is 12.1. The minimum Gasteiger partial charge on any atom is -0.464 e. The molecule has 5 aromatic rings. The lowest BCUT2D eigenvalue weighted by atomic mass is 10.0. The zero-order valence-electron chi connectivity index (χ0n) is 17.1. The van der Waals surface area contributed by atoms with E-state index in [2.05, 4.69) is 4.74 Å². The number of amides is 1. The lowest BCUT2D eigenvalue weighted by Crippen LogP contribution is -2.18. The summed E-state index contributed by atoms with van der Waals surface area (Å²) in [5, 5.41) is 1.39. The smallest absolute Gasteiger partial charge is 0.464 e. The van der Waals surface area contributed by atoms with Crippen LogP contribution in [0.15, 0.2) is 83.5 Å². The molecule has 1 amide bonds. The SMILES string of the molecule is NC(=O)c1cccc2c1c1ccc(-c3ccco3)cc1n2Cc1ccccc1OC(F)(F)F. The fourth-order valence-corrected chi connectivity index (χ4v) is 4.15. The van der Waals surface area contributed by atoms with Crippen LogP contribution < -0.4 is 10.5 Å². The summed E-state index contributed by atoms with van der Waals surface area (Å²) in [6, 6.07) is 20.3. The summed E-state index contributed by atoms with van der Waals surface area (Å²) in [6.45, 7) is 0.0794. The van der Waals surface area contributed by atoms with Gasteiger partial charge in [-0.05, 0) is 36.4 Å². The fourth-order valence-electron chi connectivity index (χ4n) is 4.15. The van der Waals surface area contributed by atoms with Gasteiger partial charge in [-0.1, -0.05) is 36.4 Å². The molecule has 0 aliphatic carbocycles. The number of hydrogen-bond acceptors (Lipinski definition) is 3. The Labute approximate surface area is 185 Å². The van der Waals surface area contributed by atoms with Gasteiger partial charge in [-0.2, -0.15) is 0 Å². The number of carbonyl (C=O) groups excluding carboxylic acids is 1. The quantitative estimate of drug-likeness (QED) is 0.352. The standard InChI is InChI=1S/C25H17F3N2O3/c26-25(27,28)33-22-8-2-1-5-16(22)14-30-19-7-3-6-18(24(29)31)23(19)17-11-10-15(13-20(17)30)21-9-4-12-32-21/h1-13H,14H2,(H2,29,31). The Morgan fingerprint density at radius 3 is 2.52 bits per heavy atom. The largest absolute Gasteiger partial charge is 0.573 e. The molecule has 5 nitrogen and oxygen atoms in total. The average Bonchev–Trinajstić information content (AvgIpc) is 3.41. The highest BCUT2D eigenvalue weighted by Gasteiger charge is 2.32. The molecule has 0 saturated heterocycles. The first kappa shape index (κ1) is 20.7. The highest BCUT2D eigenvalue weighted by atomic mass is 19.4. The van der Waals surface area contributed by atoms with Gasteiger partial charge in [0.25, 0.3) is 0 Å². The molecule has 2 aromatic heterocycles. The van der Waals surface area contributed by atoms with Crippen molar-refractivity contribution >= 4 is 27.7 Å². The number of carbonyl (C=O) groups is 1. The molecule has 2 N–H and O–H groups in total. The number of alkyl halides is 3. The van der Waals surface area contributed by atoms with E-state index in [-0.39, 0.29) is 12.3 Å². The maximum atomic E-state index is 13.0. The number of aromatic nitrogens is 1. The van der Waals surface area contributed by atoms with Crippen molar-refractivity contribution in [3.8, 4) is 17.1 Å². The maximum Gasteiger partial charge on any atom is 0.573 e. The lowest BCUT2D eigenvalue weighted by molar-refractivity contribution is -0.274. The van der Waals surface area contributed by atoms with Crippen LogP contribution in [0.1, 0.15) is 15.9 Å². The van der Waals surface area contributed by atoms with E-state index in [9.17, 15) is 18.0 Å². The van der Waals surface area contributed by atoms with Crippen molar-refractivity contribution in [2.75, 3.05) is 0 Å². The van der Waals surface area contributed by atoms with Crippen LogP contribution in [0.5, 0.6) is 5.75 Å². The molecule has 166 valence electrons. The fraction of sp³-hybridized carbons (Fsp3) is 0.0800. The third kappa shape index (κ3) is 3.80. The third-order valence-corrected chi connectivity index (χ3v) is 5.49. The number of fused-ring (bicyclic) bond motifs is 3. The molecule has 0 aliphatic rings. The van der Waals surface area contributed by atoms with Gasteiger partial charge in [0.05, 0.1) is 23.8 Å². The molecular weight excluding hydrogens is 433 g/mol. The molecule has 0 spiro atoms. The van der Waals surface area contributed by atoms with Gasteiger partial charge in [-0.25, -0.2) is 0 Å². The zero-order valence-corrected chi connectivity index (χ0v) is 17.1. The number of hydrogen-bond donors (Lipinski definition) is 1. The van der Waals surface area contributed by atoms with Crippen LogP contribution in [0.4, 0.5) is 13.2 Å². The number of ether oxygens (including phenoxy) is 1. The van der Waals surface area contributed by atoms with Crippen LogP contribution >= 0.6 is 0 Å². The second-order valence-electron chi connectivity index (χ2n) is 7.51. The highest BCUT2D eigenvalue weighted by Crippen LogP contribution is 2.36. The first-order valence-electron chi connectivity index (χ1n) is 10.0. The molecule has 8 heteroatoms. The van der Waals surface area contributed by atoms with Crippen LogP contribution in [-0.2, 0) is 6.54 Å². The molecular formula is C25H17F3N2O3. The summed E-state index contributed by atoms with van der Waals surface area (Å²) in [5.74, 6) is -0.228. The maximum absolute atomic E-state index is 13.0. The predicted molar refractivity (Wildman–Crippen MR) is 118 cm³/mol. The van der Waals surface area contributed by atoms with Crippen LogP contribution in [-0.4, -0.2) is 16.8 Å². The second-order valence-corrected chi connectivity index (χ2v) is 7.51. The van der Waals surface area contributed by atoms with Crippen molar-refractivity contribution in [1.82, 2.24) is 4.57 Å². The molecule has 0 aliphatic heterocycles. The molecule has 3 aromatic carbocycles. The number of furan rings is 1. The van der Waals surface area contributed by atoms with E-state index >= 15 is 0 Å². The Bertz CT molecular complexity index is 1480. The number of nitrogens with zero attached hydrogens (tertiary/aromatic N) is 1. The summed E-state index contributed by atoms with van der Waals surface area (Å²) >= 11 is 0. The minimum absolute atomic E-state index is 0.0794. The highest BCUT2D eigenvalue weighted by molar-refractivity contribution is 6.18. The van der Waals surface area contributed by atoms with Crippen LogP contribution in [0.25, 0.3) is 33.1 Å². The number of para-hydroxylation sites is 1. The Morgan fingerprint density at radius 2 is 1.79 bits per heavy atom. The van der Waals surface area contributed by atoms with Gasteiger partial charge >= 0.3 is 6.36 Å². The topological polar surface area (TPSA) is 70.4 Å². The molecule has 0 radical (unpaired) electrons. The van der Waals surface area contributed by atoms with Crippen molar-refractivity contribution in [2.45, 2.75) is 12.9 Å². The first-order valence-corrected chi connectivity index (χ1v) is 10.0. The van der Waals surface area contributed by atoms with Crippen LogP contribution in [0.2, 0.25) is 0 Å². The molecule has 0 fully saturated rings. The van der Waals surface area contributed by atoms with Crippen molar-refractivity contribution in [1.29, 1.82) is 0 Å². The van der Waals surface area contributed by atoms with Gasteiger partial charge in [0.2, 0.25) is 5.91 Å². The summed E-state index contributed by atoms with van der Waals surface area (Å²) in [7, 11) is 0. The number of rotatable bonds is 5. The summed E-state index contributed by atoms with van der Waals surface area (Å²) in [5.41, 5.74) is 8.47. The Kier molecular flexibility index (Phi) is 4.85. The molecule has 0 saturated carbocycles. The summed E-state index contributed by atoms with van der Waals surface area (Å²) in [6.07, 6.45) is -3.26. The van der Waals surface area contributed by atoms with E-state index in [1.807, 2.05) is 34.9 Å². The normalized spacial score (nSPS) is 11.8. The second kappa shape index (κ2) is 7.74. The molecule has 5 rings (SSSR count). The van der Waals surface area contributed by atoms with Gasteiger partial charge in [-0.3, -0.25) is 4.79 Å². The van der Waals surface area contributed by atoms with Crippen molar-refractivity contribution in [2.24, 2.45) is 5.73 Å². The van der Waals surface area contributed by atoms with E-state index < -0.39 is 12.3 Å². The van der Waals surface area contributed by atoms with E-state index in [1.54, 1.807) is 36.6 Å². The number of primary amides is 1. The van der Waals surface area contributed by atoms with Gasteiger partial charge < -0.3 is 19.5 Å². The zero-order chi connectivity index (χ0) is 23.2. The van der Waals surface area contributed by atoms with Crippen molar-refractivity contribution in [3.63, 3.8) is 0 Å². The van der Waals surface area contributed by atoms with E-state index in [0.717, 1.165) is 16.5 Å². The number of benzene rings is 3. The van der Waals surface area contributed by atoms with E-state index in [0.29, 0.717) is 27.8 Å². The monoisotopic (exact) mass is 450 g/mol. The van der Waals surface area contributed by atoms with E-state index in [4.69, 9.17) is 10.2 Å². The average molecular weight is 450 g/mol. The number of halogens is 3. The van der Waals surface area contributed by atoms with Gasteiger partial charge in [-0.15, -0.1) is 13.2 Å². The van der Waals surface area contributed by atoms with Crippen LogP contribution in [0, 0.1) is 0 Å². The Morgan fingerprint density at radius 1 is 0.970 bits per heavy atom. The number of nitrogens with two attached hydrogens (primary N) is 1. The third-order valence-electron chi connectivity index (χ3n) is 5.49. The van der Waals surface area contributed by atoms with Gasteiger partial charge in [0.15, 0.2) is 0 Å². The molecule has 0 unspecified atom stereocenters. The van der Waals surface area contributed by atoms with Crippen molar-refractivity contribution in [3.05, 3.63) is 90.2 Å². The van der Waals surface area contributed by atoms with Crippen LogP contribution in [0.3, 0.4) is 0 Å². The Balaban J connectivity index is 1.76. The predicted octanol–water partition coefficient (Wildman–Crippen LogP) is 6.10. The van der Waals surface area contributed by atoms with E-state index in [1.165, 1.54) is 12.1 Å². The molecule has 0 atom stereocenters. The van der Waals surface area contributed by atoms with Gasteiger partial charge in [0.1, 0.15) is 11.5 Å². The Hall–Kier alpha value is -4.20. The van der Waals surface area contributed by atoms with Gasteiger partial charge in [0, 0.05) is 27.5 Å². The first-order chi connectivity index (χ1) is 15.8. The lowest BCUT2D eigenvalue weighted by Gasteiger charge is -2.15.